The number of rotatable bonds is 6. The second-order valence-corrected chi connectivity index (χ2v) is 5.65. The van der Waals surface area contributed by atoms with Crippen LogP contribution in [0.15, 0.2) is 57.9 Å². The van der Waals surface area contributed by atoms with E-state index in [1.165, 1.54) is 24.5 Å². The molecule has 0 aliphatic carbocycles. The molecule has 0 radical (unpaired) electrons. The second-order valence-electron chi connectivity index (χ2n) is 5.65. The van der Waals surface area contributed by atoms with Gasteiger partial charge in [-0.25, -0.2) is 9.07 Å². The van der Waals surface area contributed by atoms with Gasteiger partial charge in [0.15, 0.2) is 5.76 Å². The molecule has 1 aromatic carbocycles. The largest absolute Gasteiger partial charge is 0.463 e. The third-order valence-electron chi connectivity index (χ3n) is 3.72. The number of carbonyl (C=O) groups excluding carboxylic acids is 1. The quantitative estimate of drug-likeness (QED) is 0.698. The first-order valence-electron chi connectivity index (χ1n) is 7.95. The van der Waals surface area contributed by atoms with E-state index < -0.39 is 5.56 Å². The van der Waals surface area contributed by atoms with Crippen molar-refractivity contribution in [3.8, 4) is 11.5 Å². The number of furan rings is 1. The zero-order chi connectivity index (χ0) is 18.5. The molecule has 26 heavy (non-hydrogen) atoms. The first-order valence-corrected chi connectivity index (χ1v) is 7.95. The third-order valence-corrected chi connectivity index (χ3v) is 3.72. The Morgan fingerprint density at radius 1 is 1.27 bits per heavy atom. The van der Waals surface area contributed by atoms with Crippen LogP contribution in [-0.2, 0) is 17.8 Å². The van der Waals surface area contributed by atoms with Crippen LogP contribution in [0.4, 0.5) is 10.1 Å². The Morgan fingerprint density at radius 3 is 2.73 bits per heavy atom. The molecule has 0 atom stereocenters. The predicted octanol–water partition coefficient (Wildman–Crippen LogP) is 1.58. The Kier molecular flexibility index (Phi) is 5.12. The van der Waals surface area contributed by atoms with Crippen molar-refractivity contribution in [2.45, 2.75) is 13.0 Å². The number of aromatic nitrogens is 2. The van der Waals surface area contributed by atoms with E-state index in [1.807, 2.05) is 0 Å². The van der Waals surface area contributed by atoms with Crippen molar-refractivity contribution in [2.75, 3.05) is 12.3 Å². The predicted molar refractivity (Wildman–Crippen MR) is 93.7 cm³/mol. The van der Waals surface area contributed by atoms with Crippen LogP contribution in [0.3, 0.4) is 0 Å². The van der Waals surface area contributed by atoms with Gasteiger partial charge in [0.2, 0.25) is 5.91 Å². The Labute approximate surface area is 148 Å². The van der Waals surface area contributed by atoms with Crippen LogP contribution in [0, 0.1) is 5.82 Å². The van der Waals surface area contributed by atoms with Crippen LogP contribution >= 0.6 is 0 Å². The van der Waals surface area contributed by atoms with Crippen molar-refractivity contribution in [1.82, 2.24) is 15.1 Å². The van der Waals surface area contributed by atoms with Crippen LogP contribution in [-0.4, -0.2) is 22.2 Å². The van der Waals surface area contributed by atoms with Gasteiger partial charge in [-0.1, -0.05) is 12.1 Å². The van der Waals surface area contributed by atoms with Gasteiger partial charge in [0.1, 0.15) is 23.7 Å². The van der Waals surface area contributed by atoms with Crippen LogP contribution in [0.5, 0.6) is 0 Å². The molecule has 0 spiro atoms. The molecule has 7 nitrogen and oxygen atoms in total. The monoisotopic (exact) mass is 356 g/mol. The lowest BCUT2D eigenvalue weighted by atomic mass is 10.1. The highest BCUT2D eigenvalue weighted by atomic mass is 19.1. The van der Waals surface area contributed by atoms with E-state index in [2.05, 4.69) is 10.4 Å². The van der Waals surface area contributed by atoms with Crippen molar-refractivity contribution in [2.24, 2.45) is 0 Å². The van der Waals surface area contributed by atoms with Crippen LogP contribution in [0.25, 0.3) is 11.5 Å². The Balaban J connectivity index is 1.63. The van der Waals surface area contributed by atoms with Gasteiger partial charge in [-0.05, 0) is 42.3 Å². The zero-order valence-electron chi connectivity index (χ0n) is 13.8. The average Bonchev–Trinajstić information content (AvgIpc) is 3.15. The number of nitrogens with zero attached hydrogens (tertiary/aromatic N) is 2. The van der Waals surface area contributed by atoms with Gasteiger partial charge in [0.05, 0.1) is 6.26 Å². The molecule has 0 bridgehead atoms. The number of hydrogen-bond acceptors (Lipinski definition) is 5. The minimum absolute atomic E-state index is 0.0227. The van der Waals surface area contributed by atoms with Gasteiger partial charge < -0.3 is 15.5 Å². The number of nitrogens with one attached hydrogen (secondary N) is 1. The van der Waals surface area contributed by atoms with Gasteiger partial charge in [-0.3, -0.25) is 9.59 Å². The third kappa shape index (κ3) is 4.15. The smallest absolute Gasteiger partial charge is 0.290 e. The van der Waals surface area contributed by atoms with Crippen molar-refractivity contribution < 1.29 is 13.6 Å². The Bertz CT molecular complexity index is 950. The van der Waals surface area contributed by atoms with Crippen molar-refractivity contribution >= 4 is 11.6 Å². The molecule has 0 fully saturated rings. The standard InChI is InChI=1S/C18H17FN4O3/c19-13-5-3-12(4-6-13)7-8-21-17(24)11-23-18(25)14(20)10-15(22-23)16-2-1-9-26-16/h1-6,9-10H,7-8,11,20H2,(H,21,24). The summed E-state index contributed by atoms with van der Waals surface area (Å²) in [6, 6.07) is 10.8. The summed E-state index contributed by atoms with van der Waals surface area (Å²) in [4.78, 5) is 24.2. The van der Waals surface area contributed by atoms with E-state index in [0.717, 1.165) is 10.2 Å². The number of nitrogens with two attached hydrogens (primary N) is 1. The summed E-state index contributed by atoms with van der Waals surface area (Å²) in [5.41, 5.74) is 6.41. The molecule has 2 aromatic heterocycles. The first-order chi connectivity index (χ1) is 12.5. The number of hydrogen-bond donors (Lipinski definition) is 2. The zero-order valence-corrected chi connectivity index (χ0v) is 13.8. The van der Waals surface area contributed by atoms with Gasteiger partial charge in [-0.2, -0.15) is 5.10 Å². The highest BCUT2D eigenvalue weighted by Gasteiger charge is 2.12. The van der Waals surface area contributed by atoms with Crippen LogP contribution in [0.1, 0.15) is 5.56 Å². The van der Waals surface area contributed by atoms with Crippen LogP contribution in [0.2, 0.25) is 0 Å². The molecule has 0 aliphatic heterocycles. The lowest BCUT2D eigenvalue weighted by Gasteiger charge is -2.09. The number of carbonyl (C=O) groups is 1. The van der Waals surface area contributed by atoms with E-state index in [-0.39, 0.29) is 24.0 Å². The van der Waals surface area contributed by atoms with Crippen molar-refractivity contribution in [1.29, 1.82) is 0 Å². The fourth-order valence-corrected chi connectivity index (χ4v) is 2.40. The summed E-state index contributed by atoms with van der Waals surface area (Å²) in [6.07, 6.45) is 2.02. The molecule has 3 aromatic rings. The molecular formula is C18H17FN4O3. The van der Waals surface area contributed by atoms with Crippen LogP contribution < -0.4 is 16.6 Å². The minimum atomic E-state index is -0.547. The van der Waals surface area contributed by atoms with Gasteiger partial charge in [0.25, 0.3) is 5.56 Å². The molecule has 3 rings (SSSR count). The molecule has 0 saturated heterocycles. The first kappa shape index (κ1) is 17.4. The topological polar surface area (TPSA) is 103 Å². The number of nitrogen functional groups attached to an aromatic ring is 1. The van der Waals surface area contributed by atoms with E-state index in [0.29, 0.717) is 24.4 Å². The number of benzene rings is 1. The average molecular weight is 356 g/mol. The Morgan fingerprint density at radius 2 is 2.04 bits per heavy atom. The van der Waals surface area contributed by atoms with Gasteiger partial charge in [0, 0.05) is 6.54 Å². The number of amides is 1. The molecule has 2 heterocycles. The molecule has 8 heteroatoms. The molecule has 0 aliphatic rings. The SMILES string of the molecule is Nc1cc(-c2ccco2)nn(CC(=O)NCCc2ccc(F)cc2)c1=O. The van der Waals surface area contributed by atoms with E-state index >= 15 is 0 Å². The molecule has 1 amide bonds. The summed E-state index contributed by atoms with van der Waals surface area (Å²) >= 11 is 0. The number of halogens is 1. The molecule has 0 saturated carbocycles. The van der Waals surface area contributed by atoms with E-state index in [4.69, 9.17) is 10.2 Å². The van der Waals surface area contributed by atoms with E-state index in [9.17, 15) is 14.0 Å². The van der Waals surface area contributed by atoms with Crippen molar-refractivity contribution in [3.05, 3.63) is 70.5 Å². The fraction of sp³-hybridized carbons (Fsp3) is 0.167. The van der Waals surface area contributed by atoms with Crippen molar-refractivity contribution in [3.63, 3.8) is 0 Å². The van der Waals surface area contributed by atoms with E-state index in [1.54, 1.807) is 24.3 Å². The highest BCUT2D eigenvalue weighted by molar-refractivity contribution is 5.75. The maximum atomic E-state index is 12.9. The fourth-order valence-electron chi connectivity index (χ4n) is 2.40. The summed E-state index contributed by atoms with van der Waals surface area (Å²) in [7, 11) is 0. The summed E-state index contributed by atoms with van der Waals surface area (Å²) < 4.78 is 19.1. The normalized spacial score (nSPS) is 10.7. The van der Waals surface area contributed by atoms with Gasteiger partial charge >= 0.3 is 0 Å². The number of anilines is 1. The molecule has 0 unspecified atom stereocenters. The Hall–Kier alpha value is -3.42. The summed E-state index contributed by atoms with van der Waals surface area (Å²) in [5.74, 6) is -0.239. The summed E-state index contributed by atoms with van der Waals surface area (Å²) in [6.45, 7) is 0.0908. The highest BCUT2D eigenvalue weighted by Crippen LogP contribution is 2.17. The lowest BCUT2D eigenvalue weighted by Crippen LogP contribution is -2.35. The van der Waals surface area contributed by atoms with Gasteiger partial charge in [-0.15, -0.1) is 0 Å². The summed E-state index contributed by atoms with van der Waals surface area (Å²) in [5, 5.41) is 6.82. The molecule has 3 N–H and O–H groups in total. The maximum Gasteiger partial charge on any atom is 0.290 e. The minimum Gasteiger partial charge on any atom is -0.463 e. The maximum absolute atomic E-state index is 12.9. The molecule has 134 valence electrons. The lowest BCUT2D eigenvalue weighted by molar-refractivity contribution is -0.121. The second kappa shape index (κ2) is 7.64. The molecular weight excluding hydrogens is 339 g/mol.